The number of hydrogen-bond donors (Lipinski definition) is 0. The number of rotatable bonds is 5. The van der Waals surface area contributed by atoms with Gasteiger partial charge in [0.15, 0.2) is 0 Å². The second-order valence-corrected chi connectivity index (χ2v) is 4.38. The van der Waals surface area contributed by atoms with Crippen molar-refractivity contribution in [1.29, 1.82) is 5.26 Å². The molecule has 1 fully saturated rings. The van der Waals surface area contributed by atoms with Crippen LogP contribution in [-0.2, 0) is 0 Å². The fourth-order valence-corrected chi connectivity index (χ4v) is 2.51. The summed E-state index contributed by atoms with van der Waals surface area (Å²) >= 11 is 0. The highest BCUT2D eigenvalue weighted by atomic mass is 15.6. The van der Waals surface area contributed by atoms with Gasteiger partial charge in [-0.3, -0.25) is 0 Å². The first kappa shape index (κ1) is 12.1. The van der Waals surface area contributed by atoms with Crippen LogP contribution in [0.1, 0.15) is 32.1 Å². The van der Waals surface area contributed by atoms with Gasteiger partial charge in [0.2, 0.25) is 0 Å². The minimum Gasteiger partial charge on any atom is -0.310 e. The molecule has 0 bridgehead atoms. The van der Waals surface area contributed by atoms with Crippen molar-refractivity contribution in [2.24, 2.45) is 5.92 Å². The predicted octanol–water partition coefficient (Wildman–Crippen LogP) is 2.38. The lowest BCUT2D eigenvalue weighted by molar-refractivity contribution is 0.0118. The van der Waals surface area contributed by atoms with Gasteiger partial charge < -0.3 is 5.01 Å². The molecule has 0 aromatic rings. The van der Waals surface area contributed by atoms with Crippen molar-refractivity contribution in [3.8, 4) is 6.07 Å². The highest BCUT2D eigenvalue weighted by Crippen LogP contribution is 2.32. The number of hydrazine groups is 1. The molecule has 1 saturated carbocycles. The third-order valence-electron chi connectivity index (χ3n) is 3.23. The van der Waals surface area contributed by atoms with E-state index in [0.717, 1.165) is 0 Å². The molecule has 0 aliphatic heterocycles. The molecule has 0 amide bonds. The number of nitrogens with zero attached hydrogens (tertiary/aromatic N) is 3. The second-order valence-electron chi connectivity index (χ2n) is 4.38. The summed E-state index contributed by atoms with van der Waals surface area (Å²) in [7, 11) is 4.00. The van der Waals surface area contributed by atoms with E-state index in [4.69, 9.17) is 5.26 Å². The summed E-state index contributed by atoms with van der Waals surface area (Å²) in [5, 5.41) is 13.0. The van der Waals surface area contributed by atoms with Crippen LogP contribution in [0.2, 0.25) is 0 Å². The van der Waals surface area contributed by atoms with E-state index in [1.807, 2.05) is 25.3 Å². The Bertz CT molecular complexity index is 236. The third kappa shape index (κ3) is 2.97. The van der Waals surface area contributed by atoms with E-state index in [1.54, 1.807) is 0 Å². The Kier molecular flexibility index (Phi) is 4.64. The molecule has 1 rings (SSSR count). The first-order valence-electron chi connectivity index (χ1n) is 5.65. The summed E-state index contributed by atoms with van der Waals surface area (Å²) in [6.45, 7) is 3.83. The van der Waals surface area contributed by atoms with Gasteiger partial charge in [0.25, 0.3) is 0 Å². The van der Waals surface area contributed by atoms with Gasteiger partial charge in [0.1, 0.15) is 0 Å². The van der Waals surface area contributed by atoms with Crippen LogP contribution in [0.5, 0.6) is 0 Å². The van der Waals surface area contributed by atoms with Gasteiger partial charge in [-0.05, 0) is 18.8 Å². The molecule has 3 nitrogen and oxygen atoms in total. The summed E-state index contributed by atoms with van der Waals surface area (Å²) in [6.07, 6.45) is 7.56. The molecular weight excluding hydrogens is 186 g/mol. The Balaban J connectivity index is 2.70. The first-order valence-corrected chi connectivity index (χ1v) is 5.65. The molecule has 0 aromatic heterocycles. The van der Waals surface area contributed by atoms with Gasteiger partial charge in [-0.15, -0.1) is 0 Å². The van der Waals surface area contributed by atoms with E-state index in [2.05, 4.69) is 17.7 Å². The molecule has 0 N–H and O–H groups in total. The van der Waals surface area contributed by atoms with Crippen LogP contribution in [0.15, 0.2) is 12.8 Å². The molecule has 1 aliphatic carbocycles. The molecule has 0 spiro atoms. The van der Waals surface area contributed by atoms with Crippen molar-refractivity contribution in [1.82, 2.24) is 10.0 Å². The van der Waals surface area contributed by atoms with Gasteiger partial charge >= 0.3 is 0 Å². The maximum Gasteiger partial charge on any atom is 0.0644 e. The van der Waals surface area contributed by atoms with Gasteiger partial charge in [-0.2, -0.15) is 5.26 Å². The molecule has 0 aromatic carbocycles. The zero-order valence-electron chi connectivity index (χ0n) is 9.82. The maximum absolute atomic E-state index is 8.89. The monoisotopic (exact) mass is 207 g/mol. The molecule has 0 heterocycles. The highest BCUT2D eigenvalue weighted by Gasteiger charge is 2.29. The normalized spacial score (nSPS) is 18.8. The number of hydrogen-bond acceptors (Lipinski definition) is 3. The van der Waals surface area contributed by atoms with Gasteiger partial charge in [0.05, 0.1) is 18.5 Å². The van der Waals surface area contributed by atoms with Crippen LogP contribution in [0.25, 0.3) is 0 Å². The average Bonchev–Trinajstić information content (AvgIpc) is 2.69. The zero-order valence-corrected chi connectivity index (χ0v) is 9.82. The van der Waals surface area contributed by atoms with Crippen molar-refractivity contribution in [2.45, 2.75) is 38.1 Å². The van der Waals surface area contributed by atoms with E-state index in [-0.39, 0.29) is 0 Å². The maximum atomic E-state index is 8.89. The third-order valence-corrected chi connectivity index (χ3v) is 3.23. The molecule has 1 aliphatic rings. The quantitative estimate of drug-likeness (QED) is 0.648. The Morgan fingerprint density at radius 3 is 2.47 bits per heavy atom. The van der Waals surface area contributed by atoms with Crippen molar-refractivity contribution in [3.05, 3.63) is 12.8 Å². The zero-order chi connectivity index (χ0) is 11.3. The lowest BCUT2D eigenvalue weighted by Crippen LogP contribution is -2.44. The smallest absolute Gasteiger partial charge is 0.0644 e. The summed E-state index contributed by atoms with van der Waals surface area (Å²) < 4.78 is 0. The standard InChI is InChI=1S/C12H21N3/c1-4-15(14(2)3)12(9-10-13)11-7-5-6-8-11/h4,11-12H,1,5-9H2,2-3H3/t12-/m1/s1. The summed E-state index contributed by atoms with van der Waals surface area (Å²) in [5.74, 6) is 0.657. The van der Waals surface area contributed by atoms with Crippen LogP contribution in [-0.4, -0.2) is 30.2 Å². The molecule has 0 unspecified atom stereocenters. The number of nitriles is 1. The van der Waals surface area contributed by atoms with E-state index >= 15 is 0 Å². The molecule has 1 atom stereocenters. The van der Waals surface area contributed by atoms with Gasteiger partial charge in [-0.25, -0.2) is 5.01 Å². The second kappa shape index (κ2) is 5.77. The molecule has 15 heavy (non-hydrogen) atoms. The molecule has 3 heteroatoms. The van der Waals surface area contributed by atoms with Crippen LogP contribution in [0, 0.1) is 17.2 Å². The fourth-order valence-electron chi connectivity index (χ4n) is 2.51. The summed E-state index contributed by atoms with van der Waals surface area (Å²) in [4.78, 5) is 0. The van der Waals surface area contributed by atoms with Crippen LogP contribution in [0.3, 0.4) is 0 Å². The largest absolute Gasteiger partial charge is 0.310 e. The fraction of sp³-hybridized carbons (Fsp3) is 0.750. The lowest BCUT2D eigenvalue weighted by Gasteiger charge is -2.37. The molecule has 0 saturated heterocycles. The predicted molar refractivity (Wildman–Crippen MR) is 61.7 cm³/mol. The Hall–Kier alpha value is -1.01. The Morgan fingerprint density at radius 2 is 2.07 bits per heavy atom. The van der Waals surface area contributed by atoms with Gasteiger partial charge in [0, 0.05) is 20.3 Å². The van der Waals surface area contributed by atoms with Crippen LogP contribution in [0.4, 0.5) is 0 Å². The summed E-state index contributed by atoms with van der Waals surface area (Å²) in [5.41, 5.74) is 0. The first-order chi connectivity index (χ1) is 7.20. The lowest BCUT2D eigenvalue weighted by atomic mass is 9.95. The molecule has 84 valence electrons. The van der Waals surface area contributed by atoms with Crippen molar-refractivity contribution in [3.63, 3.8) is 0 Å². The van der Waals surface area contributed by atoms with Crippen molar-refractivity contribution in [2.75, 3.05) is 14.1 Å². The minimum atomic E-state index is 0.310. The van der Waals surface area contributed by atoms with E-state index in [0.29, 0.717) is 18.4 Å². The van der Waals surface area contributed by atoms with Crippen molar-refractivity contribution < 1.29 is 0 Å². The van der Waals surface area contributed by atoms with E-state index in [9.17, 15) is 0 Å². The molecule has 0 radical (unpaired) electrons. The average molecular weight is 207 g/mol. The summed E-state index contributed by atoms with van der Waals surface area (Å²) in [6, 6.07) is 2.61. The SMILES string of the molecule is C=CN([C@H](CC#N)C1CCCC1)N(C)C. The van der Waals surface area contributed by atoms with E-state index in [1.165, 1.54) is 25.7 Å². The Labute approximate surface area is 92.9 Å². The van der Waals surface area contributed by atoms with E-state index < -0.39 is 0 Å². The van der Waals surface area contributed by atoms with Crippen molar-refractivity contribution >= 4 is 0 Å². The van der Waals surface area contributed by atoms with Crippen LogP contribution >= 0.6 is 0 Å². The molecular formula is C12H21N3. The highest BCUT2D eigenvalue weighted by molar-refractivity contribution is 4.91. The topological polar surface area (TPSA) is 30.3 Å². The minimum absolute atomic E-state index is 0.310. The van der Waals surface area contributed by atoms with Crippen LogP contribution < -0.4 is 0 Å². The Morgan fingerprint density at radius 1 is 1.47 bits per heavy atom. The van der Waals surface area contributed by atoms with Gasteiger partial charge in [-0.1, -0.05) is 19.4 Å².